The lowest BCUT2D eigenvalue weighted by atomic mass is 10.1. The molecule has 2 rings (SSSR count). The third-order valence-corrected chi connectivity index (χ3v) is 4.80. The molecule has 1 atom stereocenters. The minimum Gasteiger partial charge on any atom is -0.304 e. The predicted octanol–water partition coefficient (Wildman–Crippen LogP) is 1.97. The molecule has 0 aliphatic carbocycles. The second-order valence-electron chi connectivity index (χ2n) is 4.83. The van der Waals surface area contributed by atoms with Crippen LogP contribution in [0.3, 0.4) is 0 Å². The van der Waals surface area contributed by atoms with Crippen molar-refractivity contribution in [1.82, 2.24) is 0 Å². The first kappa shape index (κ1) is 13.8. The zero-order chi connectivity index (χ0) is 14.2. The maximum atomic E-state index is 11.9. The lowest BCUT2D eigenvalue weighted by Crippen LogP contribution is -2.40. The molecule has 0 saturated heterocycles. The van der Waals surface area contributed by atoms with Crippen molar-refractivity contribution in [3.63, 3.8) is 0 Å². The van der Waals surface area contributed by atoms with Gasteiger partial charge >= 0.3 is 0 Å². The van der Waals surface area contributed by atoms with Crippen molar-refractivity contribution < 1.29 is 13.2 Å². The number of amides is 1. The molecule has 1 heterocycles. The molecule has 19 heavy (non-hydrogen) atoms. The van der Waals surface area contributed by atoms with E-state index in [2.05, 4.69) is 0 Å². The first-order valence-electron chi connectivity index (χ1n) is 6.09. The van der Waals surface area contributed by atoms with Crippen LogP contribution in [-0.2, 0) is 14.6 Å². The lowest BCUT2D eigenvalue weighted by Gasteiger charge is -2.28. The van der Waals surface area contributed by atoms with Gasteiger partial charge in [0.15, 0.2) is 9.84 Å². The summed E-state index contributed by atoms with van der Waals surface area (Å²) >= 11 is 0. The van der Waals surface area contributed by atoms with Gasteiger partial charge in [-0.1, -0.05) is 12.1 Å². The Kier molecular flexibility index (Phi) is 3.49. The van der Waals surface area contributed by atoms with Gasteiger partial charge in [-0.3, -0.25) is 4.79 Å². The number of rotatable bonds is 2. The van der Waals surface area contributed by atoms with E-state index in [1.54, 1.807) is 11.0 Å². The Balaban J connectivity index is 2.45. The predicted molar refractivity (Wildman–Crippen MR) is 75.8 cm³/mol. The molecule has 0 radical (unpaired) electrons. The molecule has 4 nitrogen and oxygen atoms in total. The highest BCUT2D eigenvalue weighted by atomic mass is 32.2. The molecule has 5 heteroatoms. The van der Waals surface area contributed by atoms with Crippen LogP contribution in [0.4, 0.5) is 5.69 Å². The largest absolute Gasteiger partial charge is 0.304 e. The van der Waals surface area contributed by atoms with Gasteiger partial charge in [0.05, 0.1) is 11.8 Å². The van der Waals surface area contributed by atoms with E-state index in [-0.39, 0.29) is 11.7 Å². The van der Waals surface area contributed by atoms with Gasteiger partial charge in [-0.05, 0) is 37.1 Å². The number of sulfone groups is 1. The summed E-state index contributed by atoms with van der Waals surface area (Å²) in [5.41, 5.74) is 2.85. The van der Waals surface area contributed by atoms with Crippen LogP contribution in [0.2, 0.25) is 0 Å². The second-order valence-corrected chi connectivity index (χ2v) is 6.76. The van der Waals surface area contributed by atoms with E-state index in [1.807, 2.05) is 32.0 Å². The quantitative estimate of drug-likeness (QED) is 0.831. The fourth-order valence-electron chi connectivity index (χ4n) is 2.30. The number of nitrogens with zero attached hydrogens (tertiary/aromatic N) is 1. The minimum atomic E-state index is -3.18. The van der Waals surface area contributed by atoms with E-state index in [1.165, 1.54) is 12.3 Å². The van der Waals surface area contributed by atoms with E-state index in [0.717, 1.165) is 16.8 Å². The highest BCUT2D eigenvalue weighted by molar-refractivity contribution is 7.94. The van der Waals surface area contributed by atoms with Crippen LogP contribution >= 0.6 is 0 Å². The summed E-state index contributed by atoms with van der Waals surface area (Å²) in [6.07, 6.45) is 1.58. The van der Waals surface area contributed by atoms with Crippen LogP contribution in [0.1, 0.15) is 18.1 Å². The van der Waals surface area contributed by atoms with E-state index >= 15 is 0 Å². The average Bonchev–Trinajstić information content (AvgIpc) is 2.65. The van der Waals surface area contributed by atoms with Crippen LogP contribution in [0.5, 0.6) is 0 Å². The third kappa shape index (κ3) is 2.71. The molecule has 1 aliphatic rings. The Morgan fingerprint density at radius 2 is 2.00 bits per heavy atom. The zero-order valence-corrected chi connectivity index (χ0v) is 12.1. The Labute approximate surface area is 113 Å². The summed E-state index contributed by atoms with van der Waals surface area (Å²) in [6.45, 7) is 5.37. The first-order valence-corrected chi connectivity index (χ1v) is 7.80. The molecule has 1 aliphatic heterocycles. The summed E-state index contributed by atoms with van der Waals surface area (Å²) in [5, 5.41) is 1.19. The number of carbonyl (C=O) groups is 1. The molecular weight excluding hydrogens is 262 g/mol. The molecule has 102 valence electrons. The van der Waals surface area contributed by atoms with E-state index < -0.39 is 15.9 Å². The monoisotopic (exact) mass is 279 g/mol. The Hall–Kier alpha value is -1.62. The van der Waals surface area contributed by atoms with Crippen LogP contribution in [-0.4, -0.2) is 26.1 Å². The van der Waals surface area contributed by atoms with E-state index in [0.29, 0.717) is 0 Å². The summed E-state index contributed by atoms with van der Waals surface area (Å²) in [6, 6.07) is 5.28. The number of carbonyl (C=O) groups excluding carboxylic acids is 1. The average molecular weight is 279 g/mol. The highest BCUT2D eigenvalue weighted by Crippen LogP contribution is 2.27. The van der Waals surface area contributed by atoms with Crippen molar-refractivity contribution in [2.24, 2.45) is 0 Å². The Morgan fingerprint density at radius 1 is 1.32 bits per heavy atom. The summed E-state index contributed by atoms with van der Waals surface area (Å²) in [4.78, 5) is 13.5. The van der Waals surface area contributed by atoms with Gasteiger partial charge in [0, 0.05) is 18.0 Å². The van der Waals surface area contributed by atoms with Crippen molar-refractivity contribution in [2.45, 2.75) is 26.8 Å². The molecule has 0 N–H and O–H groups in total. The van der Waals surface area contributed by atoms with Crippen molar-refractivity contribution >= 4 is 21.4 Å². The van der Waals surface area contributed by atoms with Gasteiger partial charge in [-0.15, -0.1) is 0 Å². The van der Waals surface area contributed by atoms with Crippen molar-refractivity contribution in [3.8, 4) is 0 Å². The summed E-state index contributed by atoms with van der Waals surface area (Å²) in [7, 11) is -3.18. The first-order chi connectivity index (χ1) is 8.82. The van der Waals surface area contributed by atoms with Crippen molar-refractivity contribution in [1.29, 1.82) is 0 Å². The van der Waals surface area contributed by atoms with E-state index in [4.69, 9.17) is 0 Å². The molecule has 0 unspecified atom stereocenters. The smallest absolute Gasteiger partial charge is 0.224 e. The van der Waals surface area contributed by atoms with Gasteiger partial charge in [0.2, 0.25) is 5.91 Å². The normalized spacial score (nSPS) is 20.5. The fraction of sp³-hybridized carbons (Fsp3) is 0.357. The van der Waals surface area contributed by atoms with Crippen LogP contribution in [0, 0.1) is 13.8 Å². The maximum absolute atomic E-state index is 11.9. The van der Waals surface area contributed by atoms with Crippen molar-refractivity contribution in [3.05, 3.63) is 40.8 Å². The SMILES string of the molecule is CC(=O)N(c1cccc(C)c1C)[C@H]1C=CS(=O)(=O)C1. The molecule has 1 amide bonds. The molecule has 0 fully saturated rings. The van der Waals surface area contributed by atoms with Gasteiger partial charge in [0.25, 0.3) is 0 Å². The standard InChI is InChI=1S/C14H17NO3S/c1-10-5-4-6-14(11(10)2)15(12(3)16)13-7-8-19(17,18)9-13/h4-8,13H,9H2,1-3H3/t13-/m0/s1. The molecule has 1 aromatic rings. The molecule has 0 saturated carbocycles. The molecule has 1 aromatic carbocycles. The van der Waals surface area contributed by atoms with Gasteiger partial charge in [-0.25, -0.2) is 8.42 Å². The zero-order valence-electron chi connectivity index (χ0n) is 11.3. The highest BCUT2D eigenvalue weighted by Gasteiger charge is 2.30. The number of benzene rings is 1. The molecule has 0 bridgehead atoms. The molecular formula is C14H17NO3S. The van der Waals surface area contributed by atoms with Gasteiger partial charge < -0.3 is 4.90 Å². The number of anilines is 1. The van der Waals surface area contributed by atoms with Crippen LogP contribution < -0.4 is 4.90 Å². The second kappa shape index (κ2) is 4.81. The molecule has 0 aromatic heterocycles. The maximum Gasteiger partial charge on any atom is 0.224 e. The number of hydrogen-bond acceptors (Lipinski definition) is 3. The van der Waals surface area contributed by atoms with E-state index in [9.17, 15) is 13.2 Å². The summed E-state index contributed by atoms with van der Waals surface area (Å²) < 4.78 is 23.1. The number of aryl methyl sites for hydroxylation is 1. The Morgan fingerprint density at radius 3 is 2.53 bits per heavy atom. The van der Waals surface area contributed by atoms with Gasteiger partial charge in [0.1, 0.15) is 0 Å². The lowest BCUT2D eigenvalue weighted by molar-refractivity contribution is -0.116. The topological polar surface area (TPSA) is 54.5 Å². The van der Waals surface area contributed by atoms with Crippen molar-refractivity contribution in [2.75, 3.05) is 10.7 Å². The Bertz CT molecular complexity index is 647. The van der Waals surface area contributed by atoms with Crippen LogP contribution in [0.15, 0.2) is 29.7 Å². The molecule has 0 spiro atoms. The third-order valence-electron chi connectivity index (χ3n) is 3.42. The van der Waals surface area contributed by atoms with Gasteiger partial charge in [-0.2, -0.15) is 0 Å². The summed E-state index contributed by atoms with van der Waals surface area (Å²) in [5.74, 6) is -0.194. The number of hydrogen-bond donors (Lipinski definition) is 0. The fourth-order valence-corrected chi connectivity index (χ4v) is 3.57. The minimum absolute atomic E-state index is 0.0417. The van der Waals surface area contributed by atoms with Crippen LogP contribution in [0.25, 0.3) is 0 Å².